The molecule has 9 nitrogen and oxygen atoms in total. The average molecular weight is 448 g/mol. The third-order valence-electron chi connectivity index (χ3n) is 5.62. The fourth-order valence-corrected chi connectivity index (χ4v) is 3.65. The van der Waals surface area contributed by atoms with Gasteiger partial charge in [-0.1, -0.05) is 42.5 Å². The number of nitrogens with one attached hydrogen (secondary N) is 4. The van der Waals surface area contributed by atoms with Gasteiger partial charge in [0.1, 0.15) is 5.69 Å². The van der Waals surface area contributed by atoms with Crippen molar-refractivity contribution in [2.45, 2.75) is 13.1 Å². The zero-order valence-corrected chi connectivity index (χ0v) is 18.7. The van der Waals surface area contributed by atoms with Crippen molar-refractivity contribution in [3.8, 4) is 0 Å². The van der Waals surface area contributed by atoms with E-state index in [0.717, 1.165) is 38.3 Å². The van der Waals surface area contributed by atoms with Crippen molar-refractivity contribution in [1.82, 2.24) is 25.3 Å². The highest BCUT2D eigenvalue weighted by Crippen LogP contribution is 2.17. The summed E-state index contributed by atoms with van der Waals surface area (Å²) in [6, 6.07) is 17.0. The molecule has 1 aliphatic heterocycles. The van der Waals surface area contributed by atoms with Crippen molar-refractivity contribution in [2.24, 2.45) is 0 Å². The van der Waals surface area contributed by atoms with E-state index in [-0.39, 0.29) is 11.6 Å². The molecule has 0 spiro atoms. The van der Waals surface area contributed by atoms with Crippen molar-refractivity contribution in [3.63, 3.8) is 0 Å². The highest BCUT2D eigenvalue weighted by molar-refractivity contribution is 6.08. The molecule has 2 aromatic carbocycles. The number of amides is 3. The van der Waals surface area contributed by atoms with Gasteiger partial charge in [-0.05, 0) is 30.3 Å². The minimum atomic E-state index is -0.414. The Morgan fingerprint density at radius 2 is 1.67 bits per heavy atom. The Balaban J connectivity index is 1.29. The van der Waals surface area contributed by atoms with Crippen molar-refractivity contribution >= 4 is 23.3 Å². The molecule has 0 saturated carbocycles. The number of H-pyrrole nitrogens is 1. The molecule has 1 aromatic heterocycles. The molecule has 33 heavy (non-hydrogen) atoms. The molecule has 0 bridgehead atoms. The second-order valence-electron chi connectivity index (χ2n) is 8.18. The van der Waals surface area contributed by atoms with Crippen LogP contribution in [0.5, 0.6) is 0 Å². The van der Waals surface area contributed by atoms with Crippen LogP contribution in [0.2, 0.25) is 0 Å². The minimum absolute atomic E-state index is 0.186. The molecular weight excluding hydrogens is 418 g/mol. The Labute approximate surface area is 193 Å². The lowest BCUT2D eigenvalue weighted by molar-refractivity contribution is 0.102. The number of hydrogen-bond donors (Lipinski definition) is 4. The Morgan fingerprint density at radius 3 is 2.39 bits per heavy atom. The van der Waals surface area contributed by atoms with Gasteiger partial charge in [0.2, 0.25) is 0 Å². The number of rotatable bonds is 7. The lowest BCUT2D eigenvalue weighted by atomic mass is 10.1. The molecule has 0 atom stereocenters. The SMILES string of the molecule is CN1CCN(Cc2ccc(NC(=O)c3[nH]ncc3NC(=O)NCc3ccccc3)cc2)CC1. The third kappa shape index (κ3) is 6.41. The standard InChI is InChI=1S/C24H29N7O2/c1-30-11-13-31(14-12-30)17-19-7-9-20(10-8-19)27-23(32)22-21(16-26-29-22)28-24(33)25-15-18-5-3-2-4-6-18/h2-10,16H,11-15,17H2,1H3,(H,26,29)(H,27,32)(H2,25,28,33). The van der Waals surface area contributed by atoms with Gasteiger partial charge in [-0.25, -0.2) is 4.79 Å². The monoisotopic (exact) mass is 447 g/mol. The van der Waals surface area contributed by atoms with Crippen molar-refractivity contribution in [3.05, 3.63) is 77.6 Å². The van der Waals surface area contributed by atoms with Gasteiger partial charge in [0, 0.05) is 45.0 Å². The summed E-state index contributed by atoms with van der Waals surface area (Å²) in [5.41, 5.74) is 3.36. The summed E-state index contributed by atoms with van der Waals surface area (Å²) in [6.07, 6.45) is 1.41. The van der Waals surface area contributed by atoms with Gasteiger partial charge in [-0.3, -0.25) is 14.8 Å². The fourth-order valence-electron chi connectivity index (χ4n) is 3.65. The molecule has 4 N–H and O–H groups in total. The molecule has 9 heteroatoms. The smallest absolute Gasteiger partial charge is 0.319 e. The fraction of sp³-hybridized carbons (Fsp3) is 0.292. The van der Waals surface area contributed by atoms with Crippen LogP contribution in [0, 0.1) is 0 Å². The molecule has 2 heterocycles. The van der Waals surface area contributed by atoms with E-state index in [0.29, 0.717) is 17.9 Å². The maximum absolute atomic E-state index is 12.7. The van der Waals surface area contributed by atoms with E-state index in [4.69, 9.17) is 0 Å². The van der Waals surface area contributed by atoms with E-state index >= 15 is 0 Å². The molecule has 1 aliphatic rings. The van der Waals surface area contributed by atoms with Gasteiger partial charge >= 0.3 is 6.03 Å². The summed E-state index contributed by atoms with van der Waals surface area (Å²) in [5, 5.41) is 14.8. The summed E-state index contributed by atoms with van der Waals surface area (Å²) >= 11 is 0. The molecule has 0 aliphatic carbocycles. The number of urea groups is 1. The van der Waals surface area contributed by atoms with Crippen LogP contribution in [0.3, 0.4) is 0 Å². The van der Waals surface area contributed by atoms with E-state index in [1.807, 2.05) is 54.6 Å². The van der Waals surface area contributed by atoms with Crippen LogP contribution in [0.15, 0.2) is 60.8 Å². The lowest BCUT2D eigenvalue weighted by Gasteiger charge is -2.32. The third-order valence-corrected chi connectivity index (χ3v) is 5.62. The van der Waals surface area contributed by atoms with Crippen LogP contribution in [0.25, 0.3) is 0 Å². The van der Waals surface area contributed by atoms with Crippen LogP contribution in [0.1, 0.15) is 21.6 Å². The number of carbonyl (C=O) groups excluding carboxylic acids is 2. The number of benzene rings is 2. The number of hydrogen-bond acceptors (Lipinski definition) is 5. The zero-order chi connectivity index (χ0) is 23.0. The summed E-state index contributed by atoms with van der Waals surface area (Å²) in [7, 11) is 2.15. The number of nitrogens with zero attached hydrogens (tertiary/aromatic N) is 3. The Hall–Kier alpha value is -3.69. The van der Waals surface area contributed by atoms with Crippen molar-refractivity contribution < 1.29 is 9.59 Å². The van der Waals surface area contributed by atoms with Crippen molar-refractivity contribution in [1.29, 1.82) is 0 Å². The molecule has 1 fully saturated rings. The van der Waals surface area contributed by atoms with Crippen LogP contribution in [-0.4, -0.2) is 65.2 Å². The van der Waals surface area contributed by atoms with Crippen LogP contribution < -0.4 is 16.0 Å². The average Bonchev–Trinajstić information content (AvgIpc) is 3.29. The first-order chi connectivity index (χ1) is 16.1. The van der Waals surface area contributed by atoms with Crippen molar-refractivity contribution in [2.75, 3.05) is 43.9 Å². The molecule has 0 radical (unpaired) electrons. The predicted octanol–water partition coefficient (Wildman–Crippen LogP) is 2.73. The first-order valence-electron chi connectivity index (χ1n) is 11.0. The Kier molecular flexibility index (Phi) is 7.33. The lowest BCUT2D eigenvalue weighted by Crippen LogP contribution is -2.43. The largest absolute Gasteiger partial charge is 0.334 e. The van der Waals surface area contributed by atoms with Gasteiger partial charge in [0.25, 0.3) is 5.91 Å². The molecule has 0 unspecified atom stereocenters. The number of aromatic nitrogens is 2. The maximum Gasteiger partial charge on any atom is 0.319 e. The molecule has 3 aromatic rings. The normalized spacial score (nSPS) is 14.6. The highest BCUT2D eigenvalue weighted by Gasteiger charge is 2.17. The molecule has 172 valence electrons. The molecule has 1 saturated heterocycles. The van der Waals surface area contributed by atoms with E-state index in [9.17, 15) is 9.59 Å². The van der Waals surface area contributed by atoms with Gasteiger partial charge in [0.05, 0.1) is 11.9 Å². The van der Waals surface area contributed by atoms with Gasteiger partial charge in [-0.2, -0.15) is 5.10 Å². The quantitative estimate of drug-likeness (QED) is 0.446. The first kappa shape index (κ1) is 22.5. The number of carbonyl (C=O) groups is 2. The first-order valence-corrected chi connectivity index (χ1v) is 11.0. The number of aromatic amines is 1. The van der Waals surface area contributed by atoms with E-state index in [2.05, 4.69) is 43.0 Å². The highest BCUT2D eigenvalue weighted by atomic mass is 16.2. The molecular formula is C24H29N7O2. The number of likely N-dealkylation sites (N-methyl/N-ethyl adjacent to an activating group) is 1. The van der Waals surface area contributed by atoms with Crippen LogP contribution >= 0.6 is 0 Å². The summed E-state index contributed by atoms with van der Waals surface area (Å²) in [5.74, 6) is -0.377. The summed E-state index contributed by atoms with van der Waals surface area (Å²) in [6.45, 7) is 5.56. The molecule has 3 amide bonds. The maximum atomic E-state index is 12.7. The van der Waals surface area contributed by atoms with Crippen LogP contribution in [-0.2, 0) is 13.1 Å². The summed E-state index contributed by atoms with van der Waals surface area (Å²) < 4.78 is 0. The second kappa shape index (κ2) is 10.8. The van der Waals surface area contributed by atoms with E-state index in [1.165, 1.54) is 11.8 Å². The number of piperazine rings is 1. The van der Waals surface area contributed by atoms with Gasteiger partial charge in [0.15, 0.2) is 0 Å². The van der Waals surface area contributed by atoms with E-state index in [1.54, 1.807) is 0 Å². The van der Waals surface area contributed by atoms with Gasteiger partial charge < -0.3 is 20.9 Å². The second-order valence-corrected chi connectivity index (χ2v) is 8.18. The zero-order valence-electron chi connectivity index (χ0n) is 18.7. The summed E-state index contributed by atoms with van der Waals surface area (Å²) in [4.78, 5) is 29.7. The van der Waals surface area contributed by atoms with E-state index < -0.39 is 6.03 Å². The topological polar surface area (TPSA) is 105 Å². The predicted molar refractivity (Wildman–Crippen MR) is 128 cm³/mol. The Bertz CT molecular complexity index is 1060. The van der Waals surface area contributed by atoms with Gasteiger partial charge in [-0.15, -0.1) is 0 Å². The molecule has 4 rings (SSSR count). The number of anilines is 2. The minimum Gasteiger partial charge on any atom is -0.334 e. The Morgan fingerprint density at radius 1 is 0.939 bits per heavy atom. The van der Waals surface area contributed by atoms with Crippen LogP contribution in [0.4, 0.5) is 16.2 Å².